The highest BCUT2D eigenvalue weighted by Crippen LogP contribution is 2.27. The van der Waals surface area contributed by atoms with Crippen LogP contribution in [0, 0.1) is 5.82 Å². The van der Waals surface area contributed by atoms with Gasteiger partial charge >= 0.3 is 6.03 Å². The third-order valence-corrected chi connectivity index (χ3v) is 3.97. The van der Waals surface area contributed by atoms with Crippen molar-refractivity contribution in [3.8, 4) is 16.9 Å². The zero-order valence-electron chi connectivity index (χ0n) is 13.3. The first-order valence-electron chi connectivity index (χ1n) is 7.75. The fourth-order valence-corrected chi connectivity index (χ4v) is 2.80. The summed E-state index contributed by atoms with van der Waals surface area (Å²) in [6, 6.07) is 5.66. The Morgan fingerprint density at radius 1 is 1.32 bits per heavy atom. The summed E-state index contributed by atoms with van der Waals surface area (Å²) < 4.78 is 16.5. The summed E-state index contributed by atoms with van der Waals surface area (Å²) in [5.74, 6) is -0.535. The van der Waals surface area contributed by atoms with E-state index in [1.165, 1.54) is 22.9 Å². The number of halogens is 1. The molecule has 0 saturated heterocycles. The monoisotopic (exact) mass is 339 g/mol. The van der Waals surface area contributed by atoms with Crippen LogP contribution in [-0.2, 0) is 0 Å². The minimum atomic E-state index is -0.535. The zero-order chi connectivity index (χ0) is 17.6. The lowest BCUT2D eigenvalue weighted by molar-refractivity contribution is 0.243. The van der Waals surface area contributed by atoms with E-state index in [-0.39, 0.29) is 11.7 Å². The Balaban J connectivity index is 1.94. The van der Waals surface area contributed by atoms with Crippen LogP contribution in [0.15, 0.2) is 47.7 Å². The van der Waals surface area contributed by atoms with Crippen LogP contribution in [0.4, 0.5) is 9.18 Å². The molecule has 7 nitrogen and oxygen atoms in total. The molecule has 0 radical (unpaired) electrons. The fraction of sp³-hybridized carbons (Fsp3) is 0.118. The van der Waals surface area contributed by atoms with Crippen molar-refractivity contribution in [3.63, 3.8) is 0 Å². The van der Waals surface area contributed by atoms with Gasteiger partial charge < -0.3 is 10.3 Å². The summed E-state index contributed by atoms with van der Waals surface area (Å²) in [6.07, 6.45) is 4.73. The van der Waals surface area contributed by atoms with Gasteiger partial charge in [0, 0.05) is 30.5 Å². The molecule has 3 heterocycles. The van der Waals surface area contributed by atoms with Crippen molar-refractivity contribution in [3.05, 3.63) is 59.0 Å². The molecule has 0 spiro atoms. The molecule has 2 aromatic rings. The minimum Gasteiger partial charge on any atom is -0.359 e. The van der Waals surface area contributed by atoms with Crippen LogP contribution in [0.25, 0.3) is 27.8 Å². The standard InChI is InChI=1S/C17H14FN5O2/c1-2-19-17(25)22-8-11-13(9-22)20-7-10-15(11)21-23(16(10)24)14-6-4-3-5-12(14)18/h3-9,20H,2H2,1H3,(H,19,25). The van der Waals surface area contributed by atoms with Gasteiger partial charge in [0.05, 0.1) is 11.1 Å². The van der Waals surface area contributed by atoms with Crippen LogP contribution < -0.4 is 10.9 Å². The third kappa shape index (κ3) is 2.30. The number of fused-ring (bicyclic) bond motifs is 3. The molecule has 1 aromatic carbocycles. The van der Waals surface area contributed by atoms with Crippen LogP contribution in [0.3, 0.4) is 0 Å². The summed E-state index contributed by atoms with van der Waals surface area (Å²) in [5, 5.41) is 7.59. The SMILES string of the molecule is CCNC(=O)n1cc2[nH]cc3c(=O)n(-c4ccccc4F)nc-3c2c1. The quantitative estimate of drug-likeness (QED) is 0.588. The van der Waals surface area contributed by atoms with E-state index in [4.69, 9.17) is 0 Å². The van der Waals surface area contributed by atoms with Gasteiger partial charge in [-0.2, -0.15) is 9.78 Å². The number of nitrogens with one attached hydrogen (secondary N) is 2. The zero-order valence-corrected chi connectivity index (χ0v) is 13.3. The number of aromatic amines is 1. The van der Waals surface area contributed by atoms with Crippen molar-refractivity contribution in [2.75, 3.05) is 6.54 Å². The van der Waals surface area contributed by atoms with E-state index in [1.807, 2.05) is 6.92 Å². The topological polar surface area (TPSA) is 84.7 Å². The third-order valence-electron chi connectivity index (χ3n) is 3.97. The maximum Gasteiger partial charge on any atom is 0.325 e. The number of benzene rings is 1. The number of amides is 1. The van der Waals surface area contributed by atoms with Gasteiger partial charge in [0.15, 0.2) is 0 Å². The number of para-hydroxylation sites is 1. The predicted molar refractivity (Wildman–Crippen MR) is 90.7 cm³/mol. The molecule has 1 amide bonds. The Kier molecular flexibility index (Phi) is 3.38. The second-order valence-corrected chi connectivity index (χ2v) is 5.55. The number of pyridine rings is 1. The molecule has 0 aliphatic carbocycles. The second-order valence-electron chi connectivity index (χ2n) is 5.55. The van der Waals surface area contributed by atoms with E-state index < -0.39 is 11.4 Å². The van der Waals surface area contributed by atoms with Gasteiger partial charge in [0.25, 0.3) is 5.56 Å². The number of carbonyl (C=O) groups excluding carboxylic acids is 1. The van der Waals surface area contributed by atoms with Gasteiger partial charge in [-0.05, 0) is 19.1 Å². The highest BCUT2D eigenvalue weighted by Gasteiger charge is 2.21. The molecule has 0 unspecified atom stereocenters. The molecule has 2 N–H and O–H groups in total. The highest BCUT2D eigenvalue weighted by atomic mass is 19.1. The molecule has 126 valence electrons. The van der Waals surface area contributed by atoms with Crippen molar-refractivity contribution in [1.82, 2.24) is 24.6 Å². The molecule has 0 bridgehead atoms. The molecule has 8 heteroatoms. The van der Waals surface area contributed by atoms with E-state index in [0.717, 1.165) is 4.68 Å². The van der Waals surface area contributed by atoms with Crippen LogP contribution in [0.1, 0.15) is 6.92 Å². The van der Waals surface area contributed by atoms with E-state index in [0.29, 0.717) is 28.7 Å². The van der Waals surface area contributed by atoms with Crippen LogP contribution >= 0.6 is 0 Å². The summed E-state index contributed by atoms with van der Waals surface area (Å²) in [7, 11) is 0. The van der Waals surface area contributed by atoms with Gasteiger partial charge in [-0.25, -0.2) is 9.18 Å². The molecule has 4 rings (SSSR count). The van der Waals surface area contributed by atoms with E-state index >= 15 is 0 Å². The normalized spacial score (nSPS) is 11.3. The maximum absolute atomic E-state index is 14.0. The van der Waals surface area contributed by atoms with Crippen LogP contribution in [0.5, 0.6) is 0 Å². The molecule has 25 heavy (non-hydrogen) atoms. The first-order valence-corrected chi connectivity index (χ1v) is 7.75. The molecule has 0 fully saturated rings. The lowest BCUT2D eigenvalue weighted by Gasteiger charge is -2.00. The minimum absolute atomic E-state index is 0.0833. The average Bonchev–Trinajstić information content (AvgIpc) is 3.17. The average molecular weight is 339 g/mol. The van der Waals surface area contributed by atoms with Gasteiger partial charge in [-0.1, -0.05) is 12.1 Å². The molecule has 2 aliphatic heterocycles. The van der Waals surface area contributed by atoms with Gasteiger partial charge in [-0.15, -0.1) is 0 Å². The Labute approximate surface area is 141 Å². The number of aromatic nitrogens is 4. The first-order chi connectivity index (χ1) is 12.1. The summed E-state index contributed by atoms with van der Waals surface area (Å²) >= 11 is 0. The Morgan fingerprint density at radius 3 is 2.88 bits per heavy atom. The number of nitrogens with zero attached hydrogens (tertiary/aromatic N) is 3. The summed E-state index contributed by atoms with van der Waals surface area (Å²) in [4.78, 5) is 27.6. The molecule has 2 aliphatic rings. The molecule has 0 saturated carbocycles. The number of hydrogen-bond acceptors (Lipinski definition) is 3. The smallest absolute Gasteiger partial charge is 0.325 e. The Bertz CT molecular complexity index is 1120. The van der Waals surface area contributed by atoms with Gasteiger partial charge in [0.2, 0.25) is 0 Å². The maximum atomic E-state index is 14.0. The van der Waals surface area contributed by atoms with E-state index in [9.17, 15) is 14.0 Å². The van der Waals surface area contributed by atoms with Gasteiger partial charge in [-0.3, -0.25) is 9.36 Å². The first kappa shape index (κ1) is 15.1. The van der Waals surface area contributed by atoms with Crippen LogP contribution in [-0.4, -0.2) is 31.9 Å². The summed E-state index contributed by atoms with van der Waals surface area (Å²) in [5.41, 5.74) is 1.04. The number of hydrogen-bond donors (Lipinski definition) is 2. The van der Waals surface area contributed by atoms with E-state index in [2.05, 4.69) is 15.4 Å². The fourth-order valence-electron chi connectivity index (χ4n) is 2.80. The lowest BCUT2D eigenvalue weighted by atomic mass is 10.1. The van der Waals surface area contributed by atoms with Crippen LogP contribution in [0.2, 0.25) is 0 Å². The van der Waals surface area contributed by atoms with Crippen molar-refractivity contribution < 1.29 is 9.18 Å². The van der Waals surface area contributed by atoms with Gasteiger partial charge in [0.1, 0.15) is 17.2 Å². The van der Waals surface area contributed by atoms with Crippen molar-refractivity contribution in [1.29, 1.82) is 0 Å². The van der Waals surface area contributed by atoms with Crippen molar-refractivity contribution in [2.24, 2.45) is 0 Å². The molecule has 1 aromatic heterocycles. The Hall–Kier alpha value is -3.42. The number of H-pyrrole nitrogens is 1. The second kappa shape index (κ2) is 5.59. The molecular formula is C17H14FN5O2. The molecular weight excluding hydrogens is 325 g/mol. The van der Waals surface area contributed by atoms with Crippen molar-refractivity contribution >= 4 is 16.9 Å². The largest absolute Gasteiger partial charge is 0.359 e. The summed E-state index contributed by atoms with van der Waals surface area (Å²) in [6.45, 7) is 2.32. The number of carbonyl (C=O) groups is 1. The number of rotatable bonds is 2. The van der Waals surface area contributed by atoms with E-state index in [1.54, 1.807) is 24.5 Å². The highest BCUT2D eigenvalue weighted by molar-refractivity contribution is 5.95. The lowest BCUT2D eigenvalue weighted by Crippen LogP contribution is -2.26. The predicted octanol–water partition coefficient (Wildman–Crippen LogP) is 2.34. The Morgan fingerprint density at radius 2 is 2.12 bits per heavy atom. The van der Waals surface area contributed by atoms with Crippen molar-refractivity contribution in [2.45, 2.75) is 6.92 Å². The molecule has 0 atom stereocenters.